The summed E-state index contributed by atoms with van der Waals surface area (Å²) >= 11 is 0. The zero-order chi connectivity index (χ0) is 21.1. The molecule has 0 aliphatic rings. The van der Waals surface area contributed by atoms with Crippen LogP contribution in [0.4, 0.5) is 0 Å². The first kappa shape index (κ1) is 49.5. The van der Waals surface area contributed by atoms with Gasteiger partial charge in [0, 0.05) is 25.7 Å². The van der Waals surface area contributed by atoms with Crippen LogP contribution in [0.5, 0.6) is 0 Å². The molecule has 0 aromatic heterocycles. The molecule has 0 radical (unpaired) electrons. The lowest BCUT2D eigenvalue weighted by Crippen LogP contribution is -1.86. The zero-order valence-electron chi connectivity index (χ0n) is 16.5. The highest BCUT2D eigenvalue weighted by Crippen LogP contribution is 1.68. The van der Waals surface area contributed by atoms with Gasteiger partial charge in [0.2, 0.25) is 0 Å². The topological polar surface area (TPSA) is 219 Å². The number of rotatable bonds is 4. The highest BCUT2D eigenvalue weighted by molar-refractivity contribution is 5.66. The summed E-state index contributed by atoms with van der Waals surface area (Å²) < 4.78 is 0. The van der Waals surface area contributed by atoms with Gasteiger partial charge >= 0.3 is 23.9 Å². The van der Waals surface area contributed by atoms with Crippen molar-refractivity contribution in [2.24, 2.45) is 0 Å². The largest absolute Gasteiger partial charge is 0.481 e. The lowest BCUT2D eigenvalue weighted by Gasteiger charge is -1.71. The van der Waals surface area contributed by atoms with E-state index in [1.165, 1.54) is 0 Å². The number of carbonyl (C=O) groups is 4. The highest BCUT2D eigenvalue weighted by Gasteiger charge is 1.82. The predicted molar refractivity (Wildman–Crippen MR) is 104 cm³/mol. The first-order chi connectivity index (χ1) is 11.1. The van der Waals surface area contributed by atoms with Gasteiger partial charge in [-0.2, -0.15) is 0 Å². The number of aliphatic carboxylic acids is 4. The Hall–Kier alpha value is -2.72. The molecule has 0 bridgehead atoms. The zero-order valence-corrected chi connectivity index (χ0v) is 16.5. The number of carboxylic acid groups (broad SMARTS) is 4. The average Bonchev–Trinajstić information content (AvgIpc) is 2.59. The van der Waals surface area contributed by atoms with E-state index in [9.17, 15) is 19.2 Å². The van der Waals surface area contributed by atoms with Crippen LogP contribution in [0, 0.1) is 0 Å². The maximum absolute atomic E-state index is 9.37. The molecule has 0 unspecified atom stereocenters. The average molecular weight is 386 g/mol. The molecule has 0 atom stereocenters. The Labute approximate surface area is 156 Å². The second-order valence-corrected chi connectivity index (χ2v) is 2.99. The van der Waals surface area contributed by atoms with Gasteiger partial charge in [-0.1, -0.05) is 27.7 Å². The van der Waals surface area contributed by atoms with Gasteiger partial charge in [0.25, 0.3) is 0 Å². The van der Waals surface area contributed by atoms with E-state index in [-0.39, 0.29) is 38.0 Å². The summed E-state index contributed by atoms with van der Waals surface area (Å²) in [5, 5.41) is 30.9. The third kappa shape index (κ3) is 314. The molecule has 26 heavy (non-hydrogen) atoms. The molecule has 160 valence electrons. The standard InChI is InChI=1S/4C3H6O2.2C2H4.2H3N/c4*1-2-3(4)5;2*1-2;;/h4*2H2,1H3,(H,4,5);2*1-2H2;2*1H3. The van der Waals surface area contributed by atoms with Crippen LogP contribution >= 0.6 is 0 Å². The lowest BCUT2D eigenvalue weighted by molar-refractivity contribution is -0.137. The maximum Gasteiger partial charge on any atom is 0.303 e. The monoisotopic (exact) mass is 386 g/mol. The molecule has 0 saturated heterocycles. The van der Waals surface area contributed by atoms with Crippen LogP contribution in [0.1, 0.15) is 53.4 Å². The van der Waals surface area contributed by atoms with E-state index >= 15 is 0 Å². The Kier molecular flexibility index (Phi) is 109. The highest BCUT2D eigenvalue weighted by atomic mass is 16.4. The molecule has 0 saturated carbocycles. The van der Waals surface area contributed by atoms with E-state index in [1.54, 1.807) is 27.7 Å². The SMILES string of the molecule is C=C.C=C.CCC(=O)O.CCC(=O)O.CCC(=O)O.CCC(=O)O.N.N. The van der Waals surface area contributed by atoms with Gasteiger partial charge in [0.05, 0.1) is 0 Å². The number of hydrogen-bond acceptors (Lipinski definition) is 6. The summed E-state index contributed by atoms with van der Waals surface area (Å²) in [4.78, 5) is 37.5. The van der Waals surface area contributed by atoms with Crippen LogP contribution in [0.3, 0.4) is 0 Å². The van der Waals surface area contributed by atoms with Gasteiger partial charge in [0.1, 0.15) is 0 Å². The minimum atomic E-state index is -0.745. The van der Waals surface area contributed by atoms with E-state index in [2.05, 4.69) is 26.3 Å². The molecule has 0 aromatic carbocycles. The van der Waals surface area contributed by atoms with Crippen molar-refractivity contribution >= 4 is 23.9 Å². The fraction of sp³-hybridized carbons (Fsp3) is 0.500. The van der Waals surface area contributed by atoms with Crippen LogP contribution in [-0.4, -0.2) is 44.3 Å². The van der Waals surface area contributed by atoms with E-state index in [1.807, 2.05) is 0 Å². The number of hydrogen-bond donors (Lipinski definition) is 6. The fourth-order valence-electron chi connectivity index (χ4n) is 0. The van der Waals surface area contributed by atoms with Gasteiger partial charge in [-0.25, -0.2) is 0 Å². The van der Waals surface area contributed by atoms with Crippen molar-refractivity contribution in [3.05, 3.63) is 26.3 Å². The van der Waals surface area contributed by atoms with Crippen molar-refractivity contribution < 1.29 is 39.6 Å². The predicted octanol–water partition coefficient (Wildman–Crippen LogP) is 3.85. The van der Waals surface area contributed by atoms with Gasteiger partial charge in [-0.3, -0.25) is 19.2 Å². The lowest BCUT2D eigenvalue weighted by atomic mass is 10.5. The maximum atomic E-state index is 9.37. The van der Waals surface area contributed by atoms with E-state index in [0.717, 1.165) is 0 Å². The Morgan fingerprint density at radius 2 is 0.538 bits per heavy atom. The molecule has 10 N–H and O–H groups in total. The second kappa shape index (κ2) is 57.2. The molecule has 10 heteroatoms. The first-order valence-electron chi connectivity index (χ1n) is 6.95. The summed E-state index contributed by atoms with van der Waals surface area (Å²) in [7, 11) is 0. The van der Waals surface area contributed by atoms with Gasteiger partial charge in [0.15, 0.2) is 0 Å². The minimum absolute atomic E-state index is 0. The molecule has 0 spiro atoms. The smallest absolute Gasteiger partial charge is 0.303 e. The molecular formula is C16H38N2O8. The molecular weight excluding hydrogens is 348 g/mol. The first-order valence-corrected chi connectivity index (χ1v) is 6.95. The third-order valence-electron chi connectivity index (χ3n) is 1.21. The summed E-state index contributed by atoms with van der Waals surface area (Å²) in [5.41, 5.74) is 0. The van der Waals surface area contributed by atoms with Crippen molar-refractivity contribution in [2.75, 3.05) is 0 Å². The third-order valence-corrected chi connectivity index (χ3v) is 1.21. The molecule has 0 aromatic rings. The van der Waals surface area contributed by atoms with Gasteiger partial charge in [-0.15, -0.1) is 26.3 Å². The van der Waals surface area contributed by atoms with Crippen LogP contribution in [0.25, 0.3) is 0 Å². The molecule has 0 aliphatic carbocycles. The van der Waals surface area contributed by atoms with Crippen molar-refractivity contribution in [3.63, 3.8) is 0 Å². The van der Waals surface area contributed by atoms with Gasteiger partial charge in [-0.05, 0) is 0 Å². The van der Waals surface area contributed by atoms with Crippen molar-refractivity contribution in [3.8, 4) is 0 Å². The summed E-state index contributed by atoms with van der Waals surface area (Å²) in [6.07, 6.45) is 0.889. The van der Waals surface area contributed by atoms with Crippen LogP contribution in [-0.2, 0) is 19.2 Å². The van der Waals surface area contributed by atoms with Crippen LogP contribution in [0.15, 0.2) is 26.3 Å². The molecule has 0 rings (SSSR count). The van der Waals surface area contributed by atoms with E-state index in [4.69, 9.17) is 20.4 Å². The number of carboxylic acids is 4. The molecule has 10 nitrogen and oxygen atoms in total. The molecule has 0 aliphatic heterocycles. The van der Waals surface area contributed by atoms with Crippen LogP contribution in [0.2, 0.25) is 0 Å². The molecule has 0 fully saturated rings. The summed E-state index contributed by atoms with van der Waals surface area (Å²) in [6, 6.07) is 0. The fourth-order valence-corrected chi connectivity index (χ4v) is 0. The normalized spacial score (nSPS) is 6.00. The molecule has 0 amide bonds. The van der Waals surface area contributed by atoms with E-state index in [0.29, 0.717) is 0 Å². The van der Waals surface area contributed by atoms with Crippen molar-refractivity contribution in [2.45, 2.75) is 53.4 Å². The Bertz CT molecular complexity index is 253. The minimum Gasteiger partial charge on any atom is -0.481 e. The van der Waals surface area contributed by atoms with Crippen LogP contribution < -0.4 is 12.3 Å². The van der Waals surface area contributed by atoms with Gasteiger partial charge < -0.3 is 32.7 Å². The Morgan fingerprint density at radius 1 is 0.500 bits per heavy atom. The summed E-state index contributed by atoms with van der Waals surface area (Å²) in [5.74, 6) is -2.98. The Balaban J connectivity index is -0.0000000254. The van der Waals surface area contributed by atoms with Crippen molar-refractivity contribution in [1.82, 2.24) is 12.3 Å². The summed E-state index contributed by atoms with van der Waals surface area (Å²) in [6.45, 7) is 18.4. The van der Waals surface area contributed by atoms with Crippen molar-refractivity contribution in [1.29, 1.82) is 0 Å². The quantitative estimate of drug-likeness (QED) is 0.383. The molecule has 0 heterocycles. The second-order valence-electron chi connectivity index (χ2n) is 2.99. The Morgan fingerprint density at radius 3 is 0.538 bits per heavy atom. The van der Waals surface area contributed by atoms with E-state index < -0.39 is 23.9 Å².